The summed E-state index contributed by atoms with van der Waals surface area (Å²) in [7, 11) is -4.17. The van der Waals surface area contributed by atoms with E-state index in [4.69, 9.17) is 0 Å². The van der Waals surface area contributed by atoms with Gasteiger partial charge < -0.3 is 0 Å². The summed E-state index contributed by atoms with van der Waals surface area (Å²) < 4.78 is 33.6. The molecule has 0 saturated carbocycles. The molecule has 0 aromatic heterocycles. The molecule has 0 aromatic rings. The zero-order valence-electron chi connectivity index (χ0n) is 9.93. The minimum absolute atomic E-state index is 0.733. The molecule has 0 spiro atoms. The normalized spacial score (nSPS) is 21.7. The van der Waals surface area contributed by atoms with Gasteiger partial charge in [0.2, 0.25) is 0 Å². The SMILES string of the molecule is O=S(=O)(O)N(C1=CCCCC1)C1=CCCCC1. The number of hydrogen-bond acceptors (Lipinski definition) is 2. The predicted molar refractivity (Wildman–Crippen MR) is 66.5 cm³/mol. The first-order valence-electron chi connectivity index (χ1n) is 6.25. The van der Waals surface area contributed by atoms with Gasteiger partial charge in [-0.2, -0.15) is 8.42 Å². The molecule has 1 N–H and O–H groups in total. The van der Waals surface area contributed by atoms with Crippen LogP contribution in [-0.2, 0) is 10.3 Å². The first kappa shape index (κ1) is 12.6. The first-order chi connectivity index (χ1) is 8.09. The standard InChI is InChI=1S/C12H19NO3S/c14-17(15,16)13(11-7-3-1-4-8-11)12-9-5-2-6-10-12/h7,9H,1-6,8,10H2,(H,14,15,16). The third kappa shape index (κ3) is 3.10. The molecule has 96 valence electrons. The van der Waals surface area contributed by atoms with Gasteiger partial charge >= 0.3 is 10.3 Å². The van der Waals surface area contributed by atoms with Crippen LogP contribution in [0.2, 0.25) is 0 Å². The summed E-state index contributed by atoms with van der Waals surface area (Å²) in [4.78, 5) is 0. The average Bonchev–Trinajstić information content (AvgIpc) is 2.30. The molecule has 0 radical (unpaired) electrons. The van der Waals surface area contributed by atoms with E-state index in [1.807, 2.05) is 12.2 Å². The van der Waals surface area contributed by atoms with Crippen LogP contribution in [0.5, 0.6) is 0 Å². The van der Waals surface area contributed by atoms with Gasteiger partial charge in [-0.1, -0.05) is 12.2 Å². The molecule has 5 heteroatoms. The Morgan fingerprint density at radius 3 is 1.71 bits per heavy atom. The summed E-state index contributed by atoms with van der Waals surface area (Å²) in [6, 6.07) is 0. The summed E-state index contributed by atoms with van der Waals surface area (Å²) in [5.74, 6) is 0. The van der Waals surface area contributed by atoms with E-state index in [2.05, 4.69) is 0 Å². The van der Waals surface area contributed by atoms with Crippen molar-refractivity contribution in [3.8, 4) is 0 Å². The molecule has 0 unspecified atom stereocenters. The molecular formula is C12H19NO3S. The van der Waals surface area contributed by atoms with Crippen LogP contribution in [0.4, 0.5) is 0 Å². The Morgan fingerprint density at radius 1 is 0.941 bits per heavy atom. The molecule has 4 nitrogen and oxygen atoms in total. The minimum atomic E-state index is -4.17. The van der Waals surface area contributed by atoms with Crippen LogP contribution in [0.1, 0.15) is 51.4 Å². The van der Waals surface area contributed by atoms with Gasteiger partial charge in [0.1, 0.15) is 0 Å². The van der Waals surface area contributed by atoms with Crippen LogP contribution in [0, 0.1) is 0 Å². The molecule has 0 bridgehead atoms. The molecule has 2 rings (SSSR count). The van der Waals surface area contributed by atoms with Gasteiger partial charge in [0, 0.05) is 11.4 Å². The van der Waals surface area contributed by atoms with E-state index in [-0.39, 0.29) is 0 Å². The van der Waals surface area contributed by atoms with Crippen LogP contribution >= 0.6 is 0 Å². The van der Waals surface area contributed by atoms with Gasteiger partial charge in [0.05, 0.1) is 0 Å². The fourth-order valence-corrected chi connectivity index (χ4v) is 3.42. The van der Waals surface area contributed by atoms with E-state index in [1.54, 1.807) is 0 Å². The topological polar surface area (TPSA) is 57.6 Å². The lowest BCUT2D eigenvalue weighted by molar-refractivity contribution is 0.399. The number of rotatable bonds is 3. The maximum Gasteiger partial charge on any atom is 0.363 e. The molecule has 0 saturated heterocycles. The van der Waals surface area contributed by atoms with Crippen LogP contribution in [0.3, 0.4) is 0 Å². The zero-order valence-corrected chi connectivity index (χ0v) is 10.7. The third-order valence-corrected chi connectivity index (χ3v) is 4.22. The highest BCUT2D eigenvalue weighted by atomic mass is 32.2. The average molecular weight is 257 g/mol. The van der Waals surface area contributed by atoms with Crippen molar-refractivity contribution in [2.45, 2.75) is 51.4 Å². The Bertz CT molecular complexity index is 411. The maximum atomic E-state index is 11.5. The Morgan fingerprint density at radius 2 is 1.41 bits per heavy atom. The molecule has 0 aromatic carbocycles. The summed E-state index contributed by atoms with van der Waals surface area (Å²) in [5.41, 5.74) is 1.49. The molecule has 2 aliphatic carbocycles. The second-order valence-electron chi connectivity index (χ2n) is 4.62. The number of allylic oxidation sites excluding steroid dienone is 4. The van der Waals surface area contributed by atoms with Gasteiger partial charge in [-0.25, -0.2) is 4.31 Å². The van der Waals surface area contributed by atoms with Crippen molar-refractivity contribution in [1.29, 1.82) is 0 Å². The molecule has 0 heterocycles. The Labute approximate surface area is 103 Å². The van der Waals surface area contributed by atoms with Crippen molar-refractivity contribution in [2.75, 3.05) is 0 Å². The van der Waals surface area contributed by atoms with E-state index in [0.717, 1.165) is 67.1 Å². The molecular weight excluding hydrogens is 238 g/mol. The Hall–Kier alpha value is -0.810. The molecule has 17 heavy (non-hydrogen) atoms. The quantitative estimate of drug-likeness (QED) is 0.791. The van der Waals surface area contributed by atoms with Gasteiger partial charge in [-0.15, -0.1) is 0 Å². The van der Waals surface area contributed by atoms with Crippen LogP contribution in [0.15, 0.2) is 23.5 Å². The lowest BCUT2D eigenvalue weighted by atomic mass is 10.0. The molecule has 2 aliphatic rings. The van der Waals surface area contributed by atoms with E-state index in [9.17, 15) is 13.0 Å². The smallest absolute Gasteiger partial charge is 0.269 e. The van der Waals surface area contributed by atoms with Gasteiger partial charge in [-0.3, -0.25) is 4.55 Å². The van der Waals surface area contributed by atoms with E-state index in [0.29, 0.717) is 0 Å². The van der Waals surface area contributed by atoms with Crippen molar-refractivity contribution >= 4 is 10.3 Å². The van der Waals surface area contributed by atoms with Crippen molar-refractivity contribution in [2.24, 2.45) is 0 Å². The van der Waals surface area contributed by atoms with Crippen LogP contribution in [-0.4, -0.2) is 17.3 Å². The summed E-state index contributed by atoms with van der Waals surface area (Å²) in [6.07, 6.45) is 11.3. The van der Waals surface area contributed by atoms with E-state index in [1.165, 1.54) is 0 Å². The van der Waals surface area contributed by atoms with Gasteiger partial charge in [-0.05, 0) is 51.4 Å². The van der Waals surface area contributed by atoms with Crippen molar-refractivity contribution in [1.82, 2.24) is 4.31 Å². The van der Waals surface area contributed by atoms with Crippen molar-refractivity contribution in [3.05, 3.63) is 23.5 Å². The van der Waals surface area contributed by atoms with Gasteiger partial charge in [0.15, 0.2) is 0 Å². The second-order valence-corrected chi connectivity index (χ2v) is 5.89. The highest BCUT2D eigenvalue weighted by Gasteiger charge is 2.27. The molecule has 0 amide bonds. The largest absolute Gasteiger partial charge is 0.363 e. The predicted octanol–water partition coefficient (Wildman–Crippen LogP) is 3.01. The third-order valence-electron chi connectivity index (χ3n) is 3.29. The summed E-state index contributed by atoms with van der Waals surface area (Å²) >= 11 is 0. The lowest BCUT2D eigenvalue weighted by Crippen LogP contribution is -2.30. The summed E-state index contributed by atoms with van der Waals surface area (Å²) in [5, 5.41) is 0. The minimum Gasteiger partial charge on any atom is -0.269 e. The van der Waals surface area contributed by atoms with Gasteiger partial charge in [0.25, 0.3) is 0 Å². The second kappa shape index (κ2) is 5.23. The summed E-state index contributed by atoms with van der Waals surface area (Å²) in [6.45, 7) is 0. The van der Waals surface area contributed by atoms with Crippen molar-refractivity contribution in [3.63, 3.8) is 0 Å². The maximum absolute atomic E-state index is 11.5. The van der Waals surface area contributed by atoms with Crippen LogP contribution in [0.25, 0.3) is 0 Å². The number of nitrogens with zero attached hydrogens (tertiary/aromatic N) is 1. The fraction of sp³-hybridized carbons (Fsp3) is 0.667. The number of hydrogen-bond donors (Lipinski definition) is 1. The molecule has 0 atom stereocenters. The van der Waals surface area contributed by atoms with E-state index < -0.39 is 10.3 Å². The van der Waals surface area contributed by atoms with Crippen LogP contribution < -0.4 is 0 Å². The van der Waals surface area contributed by atoms with Crippen molar-refractivity contribution < 1.29 is 13.0 Å². The fourth-order valence-electron chi connectivity index (χ4n) is 2.49. The van der Waals surface area contributed by atoms with E-state index >= 15 is 0 Å². The highest BCUT2D eigenvalue weighted by molar-refractivity contribution is 7.83. The Balaban J connectivity index is 2.31. The first-order valence-corrected chi connectivity index (χ1v) is 7.64. The lowest BCUT2D eigenvalue weighted by Gasteiger charge is -2.29. The zero-order chi connectivity index (χ0) is 12.3. The molecule has 0 aliphatic heterocycles. The highest BCUT2D eigenvalue weighted by Crippen LogP contribution is 2.31. The molecule has 0 fully saturated rings. The monoisotopic (exact) mass is 257 g/mol. The Kier molecular flexibility index (Phi) is 3.89.